The van der Waals surface area contributed by atoms with Gasteiger partial charge in [-0.3, -0.25) is 14.9 Å². The largest absolute Gasteiger partial charge is 0.496 e. The van der Waals surface area contributed by atoms with E-state index in [0.717, 1.165) is 5.56 Å². The normalized spacial score (nSPS) is 11.5. The second-order valence-corrected chi connectivity index (χ2v) is 5.71. The molecule has 0 bridgehead atoms. The molecule has 7 nitrogen and oxygen atoms in total. The molecule has 2 rings (SSSR count). The standard InChI is InChI=1S/C17H17ClN2O5/c1-10-8-13(4-6-14(10)18)25-11(2)17(21)19-15-7-5-12(24-3)9-16(15)20(22)23/h4-9,11H,1-3H3,(H,19,21)/t11-/m0/s1. The van der Waals surface area contributed by atoms with Gasteiger partial charge in [-0.15, -0.1) is 0 Å². The highest BCUT2D eigenvalue weighted by molar-refractivity contribution is 6.31. The molecule has 0 unspecified atom stereocenters. The van der Waals surface area contributed by atoms with Crippen LogP contribution in [0.5, 0.6) is 11.5 Å². The van der Waals surface area contributed by atoms with Crippen molar-refractivity contribution in [1.82, 2.24) is 0 Å². The van der Waals surface area contributed by atoms with E-state index in [1.807, 2.05) is 6.92 Å². The van der Waals surface area contributed by atoms with E-state index in [0.29, 0.717) is 16.5 Å². The van der Waals surface area contributed by atoms with Gasteiger partial charge in [0.15, 0.2) is 6.10 Å². The van der Waals surface area contributed by atoms with Crippen LogP contribution in [0.1, 0.15) is 12.5 Å². The summed E-state index contributed by atoms with van der Waals surface area (Å²) in [7, 11) is 1.40. The summed E-state index contributed by atoms with van der Waals surface area (Å²) < 4.78 is 10.5. The maximum absolute atomic E-state index is 12.3. The van der Waals surface area contributed by atoms with Gasteiger partial charge in [-0.05, 0) is 49.7 Å². The van der Waals surface area contributed by atoms with Crippen molar-refractivity contribution in [3.05, 3.63) is 57.1 Å². The highest BCUT2D eigenvalue weighted by Gasteiger charge is 2.21. The first-order valence-electron chi connectivity index (χ1n) is 7.38. The van der Waals surface area contributed by atoms with E-state index in [1.165, 1.54) is 25.3 Å². The number of benzene rings is 2. The fraction of sp³-hybridized carbons (Fsp3) is 0.235. The number of rotatable bonds is 6. The molecule has 0 fully saturated rings. The van der Waals surface area contributed by atoms with Crippen molar-refractivity contribution in [2.45, 2.75) is 20.0 Å². The minimum Gasteiger partial charge on any atom is -0.496 e. The number of hydrogen-bond donors (Lipinski definition) is 1. The Morgan fingerprint density at radius 2 is 1.92 bits per heavy atom. The summed E-state index contributed by atoms with van der Waals surface area (Å²) in [6, 6.07) is 9.20. The first-order valence-corrected chi connectivity index (χ1v) is 7.75. The highest BCUT2D eigenvalue weighted by Crippen LogP contribution is 2.29. The fourth-order valence-corrected chi connectivity index (χ4v) is 2.20. The molecule has 0 saturated carbocycles. The minimum atomic E-state index is -0.859. The van der Waals surface area contributed by atoms with Crippen LogP contribution in [-0.2, 0) is 4.79 Å². The molecule has 2 aromatic carbocycles. The second-order valence-electron chi connectivity index (χ2n) is 5.30. The number of nitrogens with one attached hydrogen (secondary N) is 1. The van der Waals surface area contributed by atoms with Gasteiger partial charge in [-0.1, -0.05) is 11.6 Å². The van der Waals surface area contributed by atoms with Crippen LogP contribution < -0.4 is 14.8 Å². The van der Waals surface area contributed by atoms with Crippen LogP contribution in [0.25, 0.3) is 0 Å². The Morgan fingerprint density at radius 1 is 1.24 bits per heavy atom. The lowest BCUT2D eigenvalue weighted by Gasteiger charge is -2.15. The number of halogens is 1. The number of aryl methyl sites for hydroxylation is 1. The van der Waals surface area contributed by atoms with Gasteiger partial charge in [0.1, 0.15) is 17.2 Å². The third kappa shape index (κ3) is 4.60. The monoisotopic (exact) mass is 364 g/mol. The number of nitro benzene ring substituents is 1. The van der Waals surface area contributed by atoms with E-state index in [-0.39, 0.29) is 11.4 Å². The maximum Gasteiger partial charge on any atom is 0.296 e. The van der Waals surface area contributed by atoms with Gasteiger partial charge >= 0.3 is 0 Å². The number of nitrogens with zero attached hydrogens (tertiary/aromatic N) is 1. The third-order valence-corrected chi connectivity index (χ3v) is 3.90. The van der Waals surface area contributed by atoms with Crippen molar-refractivity contribution >= 4 is 28.9 Å². The predicted octanol–water partition coefficient (Wildman–Crippen LogP) is 3.97. The van der Waals surface area contributed by atoms with E-state index >= 15 is 0 Å². The molecular weight excluding hydrogens is 348 g/mol. The summed E-state index contributed by atoms with van der Waals surface area (Å²) >= 11 is 5.95. The molecule has 1 atom stereocenters. The zero-order chi connectivity index (χ0) is 18.6. The summed E-state index contributed by atoms with van der Waals surface area (Å²) in [5.74, 6) is 0.292. The Balaban J connectivity index is 2.13. The van der Waals surface area contributed by atoms with Gasteiger partial charge in [0.05, 0.1) is 18.1 Å². The smallest absolute Gasteiger partial charge is 0.296 e. The van der Waals surface area contributed by atoms with Gasteiger partial charge in [0, 0.05) is 5.02 Å². The molecule has 0 radical (unpaired) electrons. The van der Waals surface area contributed by atoms with Crippen LogP contribution in [-0.4, -0.2) is 24.0 Å². The first kappa shape index (κ1) is 18.5. The van der Waals surface area contributed by atoms with E-state index in [2.05, 4.69) is 5.32 Å². The number of nitro groups is 1. The Morgan fingerprint density at radius 3 is 2.52 bits per heavy atom. The predicted molar refractivity (Wildman–Crippen MR) is 94.6 cm³/mol. The Labute approximate surface area is 149 Å². The molecule has 1 amide bonds. The van der Waals surface area contributed by atoms with Crippen LogP contribution in [0.3, 0.4) is 0 Å². The molecule has 0 aromatic heterocycles. The third-order valence-electron chi connectivity index (χ3n) is 3.47. The molecule has 0 aliphatic heterocycles. The molecule has 0 aliphatic carbocycles. The van der Waals surface area contributed by atoms with Crippen molar-refractivity contribution in [3.8, 4) is 11.5 Å². The van der Waals surface area contributed by atoms with Crippen LogP contribution >= 0.6 is 11.6 Å². The molecule has 25 heavy (non-hydrogen) atoms. The summed E-state index contributed by atoms with van der Waals surface area (Å²) in [6.07, 6.45) is -0.859. The van der Waals surface area contributed by atoms with Gasteiger partial charge in [0.25, 0.3) is 11.6 Å². The Kier molecular flexibility index (Phi) is 5.82. The van der Waals surface area contributed by atoms with Gasteiger partial charge < -0.3 is 14.8 Å². The number of anilines is 1. The average Bonchev–Trinajstić information content (AvgIpc) is 2.58. The molecule has 1 N–H and O–H groups in total. The van der Waals surface area contributed by atoms with Crippen molar-refractivity contribution in [1.29, 1.82) is 0 Å². The van der Waals surface area contributed by atoms with Crippen molar-refractivity contribution < 1.29 is 19.2 Å². The molecule has 0 aliphatic rings. The average molecular weight is 365 g/mol. The Hall–Kier alpha value is -2.80. The topological polar surface area (TPSA) is 90.7 Å². The zero-order valence-electron chi connectivity index (χ0n) is 13.9. The summed E-state index contributed by atoms with van der Waals surface area (Å²) in [5, 5.41) is 14.3. The molecule has 8 heteroatoms. The van der Waals surface area contributed by atoms with Gasteiger partial charge in [-0.25, -0.2) is 0 Å². The van der Waals surface area contributed by atoms with Crippen LogP contribution in [0.2, 0.25) is 5.02 Å². The SMILES string of the molecule is COc1ccc(NC(=O)[C@H](C)Oc2ccc(Cl)c(C)c2)c([N+](=O)[O-])c1. The number of carbonyl (C=O) groups excluding carboxylic acids is 1. The van der Waals surface area contributed by atoms with Crippen molar-refractivity contribution in [2.75, 3.05) is 12.4 Å². The number of ether oxygens (including phenoxy) is 2. The fourth-order valence-electron chi connectivity index (χ4n) is 2.08. The van der Waals surface area contributed by atoms with E-state index in [1.54, 1.807) is 25.1 Å². The maximum atomic E-state index is 12.3. The number of amides is 1. The lowest BCUT2D eigenvalue weighted by atomic mass is 10.2. The van der Waals surface area contributed by atoms with Gasteiger partial charge in [-0.2, -0.15) is 0 Å². The van der Waals surface area contributed by atoms with Crippen LogP contribution in [0, 0.1) is 17.0 Å². The van der Waals surface area contributed by atoms with Crippen molar-refractivity contribution in [2.24, 2.45) is 0 Å². The van der Waals surface area contributed by atoms with Crippen LogP contribution in [0.15, 0.2) is 36.4 Å². The molecule has 0 spiro atoms. The molecular formula is C17H17ClN2O5. The van der Waals surface area contributed by atoms with E-state index in [4.69, 9.17) is 21.1 Å². The quantitative estimate of drug-likeness (QED) is 0.618. The number of methoxy groups -OCH3 is 1. The van der Waals surface area contributed by atoms with E-state index < -0.39 is 16.9 Å². The van der Waals surface area contributed by atoms with E-state index in [9.17, 15) is 14.9 Å². The minimum absolute atomic E-state index is 0.0681. The van der Waals surface area contributed by atoms with Crippen molar-refractivity contribution in [3.63, 3.8) is 0 Å². The molecule has 132 valence electrons. The molecule has 0 saturated heterocycles. The summed E-state index contributed by atoms with van der Waals surface area (Å²) in [6.45, 7) is 3.37. The lowest BCUT2D eigenvalue weighted by Crippen LogP contribution is -2.30. The first-order chi connectivity index (χ1) is 11.8. The summed E-state index contributed by atoms with van der Waals surface area (Å²) in [4.78, 5) is 22.8. The highest BCUT2D eigenvalue weighted by atomic mass is 35.5. The molecule has 2 aromatic rings. The van der Waals surface area contributed by atoms with Gasteiger partial charge in [0.2, 0.25) is 0 Å². The number of carbonyl (C=O) groups is 1. The second kappa shape index (κ2) is 7.85. The number of hydrogen-bond acceptors (Lipinski definition) is 5. The Bertz CT molecular complexity index is 810. The molecule has 0 heterocycles. The lowest BCUT2D eigenvalue weighted by molar-refractivity contribution is -0.384. The van der Waals surface area contributed by atoms with Crippen LogP contribution in [0.4, 0.5) is 11.4 Å². The summed E-state index contributed by atoms with van der Waals surface area (Å²) in [5.41, 5.74) is 0.623. The zero-order valence-corrected chi connectivity index (χ0v) is 14.7.